The smallest absolute Gasteiger partial charge is 0.171 e. The molecule has 0 atom stereocenters. The van der Waals surface area contributed by atoms with Crippen LogP contribution in [-0.2, 0) is 20.1 Å². The normalized spacial score (nSPS) is 10.1. The van der Waals surface area contributed by atoms with Crippen molar-refractivity contribution in [3.8, 4) is 11.3 Å². The van der Waals surface area contributed by atoms with Crippen molar-refractivity contribution in [2.75, 3.05) is 0 Å². The Labute approximate surface area is 209 Å². The van der Waals surface area contributed by atoms with E-state index in [0.29, 0.717) is 11.3 Å². The maximum atomic E-state index is 12.5. The van der Waals surface area contributed by atoms with Crippen LogP contribution in [0.1, 0.15) is 21.6 Å². The molecule has 3 aromatic carbocycles. The van der Waals surface area contributed by atoms with Gasteiger partial charge in [-0.1, -0.05) is 63.6 Å². The summed E-state index contributed by atoms with van der Waals surface area (Å²) in [6, 6.07) is 32.0. The molecule has 0 unspecified atom stereocenters. The molecular formula is C27H19BrIrN2O-2. The molecule has 0 bridgehead atoms. The average molecular weight is 660 g/mol. The number of aryl methyl sites for hydroxylation is 1. The number of pyridine rings is 1. The van der Waals surface area contributed by atoms with E-state index in [1.165, 1.54) is 0 Å². The second kappa shape index (κ2) is 11.1. The predicted octanol–water partition coefficient (Wildman–Crippen LogP) is 6.65. The largest absolute Gasteiger partial charge is 0.654 e. The van der Waals surface area contributed by atoms with Crippen molar-refractivity contribution >= 4 is 32.6 Å². The third-order valence-corrected chi connectivity index (χ3v) is 5.40. The van der Waals surface area contributed by atoms with Crippen molar-refractivity contribution in [2.45, 2.75) is 6.92 Å². The summed E-state index contributed by atoms with van der Waals surface area (Å²) in [7, 11) is 0. The molecule has 32 heavy (non-hydrogen) atoms. The van der Waals surface area contributed by atoms with Gasteiger partial charge in [-0.05, 0) is 48.3 Å². The number of carbonyl (C=O) groups excluding carboxylic acids is 1. The minimum absolute atomic E-state index is 0. The summed E-state index contributed by atoms with van der Waals surface area (Å²) in [6.45, 7) is 1.95. The van der Waals surface area contributed by atoms with E-state index in [-0.39, 0.29) is 25.9 Å². The average Bonchev–Trinajstić information content (AvgIpc) is 3.17. The zero-order valence-corrected chi connectivity index (χ0v) is 21.2. The summed E-state index contributed by atoms with van der Waals surface area (Å²) in [6.07, 6.45) is 1.79. The van der Waals surface area contributed by atoms with Gasteiger partial charge in [0.05, 0.1) is 0 Å². The molecule has 0 aliphatic rings. The molecule has 0 fully saturated rings. The molecule has 3 nitrogen and oxygen atoms in total. The Bertz CT molecular complexity index is 1260. The molecule has 1 radical (unpaired) electrons. The number of benzene rings is 3. The molecule has 0 saturated carbocycles. The van der Waals surface area contributed by atoms with Gasteiger partial charge in [-0.25, -0.2) is 0 Å². The molecule has 161 valence electrons. The summed E-state index contributed by atoms with van der Waals surface area (Å²) in [5.41, 5.74) is 5.04. The van der Waals surface area contributed by atoms with Crippen molar-refractivity contribution in [3.05, 3.63) is 125 Å². The van der Waals surface area contributed by atoms with Gasteiger partial charge in [0.1, 0.15) is 0 Å². The third kappa shape index (κ3) is 5.49. The molecule has 0 aliphatic carbocycles. The van der Waals surface area contributed by atoms with Gasteiger partial charge in [0.25, 0.3) is 0 Å². The molecule has 5 heteroatoms. The number of para-hydroxylation sites is 1. The molecule has 0 aliphatic heterocycles. The van der Waals surface area contributed by atoms with E-state index in [4.69, 9.17) is 0 Å². The van der Waals surface area contributed by atoms with Crippen molar-refractivity contribution in [3.63, 3.8) is 0 Å². The van der Waals surface area contributed by atoms with Gasteiger partial charge in [-0.3, -0.25) is 4.79 Å². The summed E-state index contributed by atoms with van der Waals surface area (Å²) >= 11 is 3.37. The minimum Gasteiger partial charge on any atom is -0.654 e. The summed E-state index contributed by atoms with van der Waals surface area (Å²) in [5, 5.41) is 1.04. The number of hydrogen-bond donors (Lipinski definition) is 0. The number of hydrogen-bond acceptors (Lipinski definition) is 2. The molecular weight excluding hydrogens is 640 g/mol. The van der Waals surface area contributed by atoms with Crippen molar-refractivity contribution in [1.82, 2.24) is 9.97 Å². The molecule has 0 spiro atoms. The second-order valence-electron chi connectivity index (χ2n) is 6.93. The van der Waals surface area contributed by atoms with Crippen molar-refractivity contribution in [2.24, 2.45) is 0 Å². The first-order valence-electron chi connectivity index (χ1n) is 9.84. The monoisotopic (exact) mass is 659 g/mol. The van der Waals surface area contributed by atoms with Crippen LogP contribution < -0.4 is 4.98 Å². The fourth-order valence-corrected chi connectivity index (χ4v) is 3.52. The van der Waals surface area contributed by atoms with E-state index >= 15 is 0 Å². The van der Waals surface area contributed by atoms with E-state index in [2.05, 4.69) is 32.0 Å². The van der Waals surface area contributed by atoms with Crippen LogP contribution in [0, 0.1) is 13.0 Å². The van der Waals surface area contributed by atoms with Crippen LogP contribution in [0.4, 0.5) is 0 Å². The van der Waals surface area contributed by atoms with E-state index in [9.17, 15) is 4.79 Å². The first kappa shape index (κ1) is 23.8. The van der Waals surface area contributed by atoms with E-state index in [1.807, 2.05) is 97.9 Å². The van der Waals surface area contributed by atoms with E-state index in [0.717, 1.165) is 32.2 Å². The topological polar surface area (TPSA) is 44.1 Å². The molecule has 5 rings (SSSR count). The summed E-state index contributed by atoms with van der Waals surface area (Å²) < 4.78 is 0.960. The van der Waals surface area contributed by atoms with E-state index in [1.54, 1.807) is 6.20 Å². The van der Waals surface area contributed by atoms with Crippen molar-refractivity contribution < 1.29 is 24.9 Å². The second-order valence-corrected chi connectivity index (χ2v) is 7.85. The van der Waals surface area contributed by atoms with Gasteiger partial charge in [0, 0.05) is 36.3 Å². The van der Waals surface area contributed by atoms with Gasteiger partial charge in [0.15, 0.2) is 5.78 Å². The quantitative estimate of drug-likeness (QED) is 0.161. The van der Waals surface area contributed by atoms with Gasteiger partial charge < -0.3 is 9.97 Å². The van der Waals surface area contributed by atoms with Gasteiger partial charge in [-0.15, -0.1) is 41.4 Å². The number of rotatable bonds is 3. The number of aromatic nitrogens is 2. The van der Waals surface area contributed by atoms with Crippen LogP contribution in [0.5, 0.6) is 0 Å². The zero-order valence-electron chi connectivity index (χ0n) is 17.3. The Morgan fingerprint density at radius 2 is 1.62 bits per heavy atom. The number of carbonyl (C=O) groups is 1. The Balaban J connectivity index is 0.000000193. The zero-order chi connectivity index (χ0) is 21.6. The number of nitrogens with zero attached hydrogens (tertiary/aromatic N) is 2. The SMILES string of the molecule is Cc1c(C(=O)c2ccc(Br)cc2)[n-]c2ccccc12.[Ir].[c-]1ccccc1-c1ccccn1. The summed E-state index contributed by atoms with van der Waals surface area (Å²) in [4.78, 5) is 21.1. The van der Waals surface area contributed by atoms with Gasteiger partial charge in [0.2, 0.25) is 0 Å². The molecule has 0 amide bonds. The summed E-state index contributed by atoms with van der Waals surface area (Å²) in [5.74, 6) is -0.0267. The third-order valence-electron chi connectivity index (χ3n) is 4.87. The first-order valence-corrected chi connectivity index (χ1v) is 10.6. The van der Waals surface area contributed by atoms with Crippen LogP contribution in [0.2, 0.25) is 0 Å². The van der Waals surface area contributed by atoms with Crippen LogP contribution >= 0.6 is 15.9 Å². The first-order chi connectivity index (χ1) is 15.1. The van der Waals surface area contributed by atoms with Gasteiger partial charge >= 0.3 is 0 Å². The molecule has 5 aromatic rings. The Kier molecular flexibility index (Phi) is 8.29. The number of halogens is 1. The van der Waals surface area contributed by atoms with Crippen LogP contribution in [-0.4, -0.2) is 10.8 Å². The van der Waals surface area contributed by atoms with Crippen LogP contribution in [0.3, 0.4) is 0 Å². The predicted molar refractivity (Wildman–Crippen MR) is 128 cm³/mol. The Hall–Kier alpha value is -2.85. The Morgan fingerprint density at radius 3 is 2.28 bits per heavy atom. The molecule has 2 heterocycles. The van der Waals surface area contributed by atoms with Crippen LogP contribution in [0.15, 0.2) is 102 Å². The van der Waals surface area contributed by atoms with E-state index < -0.39 is 0 Å². The molecule has 0 N–H and O–H groups in total. The maximum absolute atomic E-state index is 12.5. The Morgan fingerprint density at radius 1 is 0.906 bits per heavy atom. The maximum Gasteiger partial charge on any atom is 0.171 e. The molecule has 2 aromatic heterocycles. The number of fused-ring (bicyclic) bond motifs is 1. The fraction of sp³-hybridized carbons (Fsp3) is 0.0370. The number of ketones is 1. The minimum atomic E-state index is -0.0267. The standard InChI is InChI=1S/C16H12BrNO.C11H8N.Ir/c1-10-13-4-2-3-5-14(13)18-15(10)16(19)11-6-8-12(17)9-7-11;1-2-6-10(7-3-1)11-8-4-5-9-12-11;/h2-9H,1H3,(H,18,19);1-6,8-9H;/q;-1;/p-1. The van der Waals surface area contributed by atoms with Crippen LogP contribution in [0.25, 0.3) is 22.2 Å². The fourth-order valence-electron chi connectivity index (χ4n) is 3.25. The van der Waals surface area contributed by atoms with Gasteiger partial charge in [-0.2, -0.15) is 0 Å². The van der Waals surface area contributed by atoms with Crippen molar-refractivity contribution in [1.29, 1.82) is 0 Å². The molecule has 0 saturated heterocycles.